The van der Waals surface area contributed by atoms with Crippen molar-refractivity contribution in [3.63, 3.8) is 0 Å². The molecule has 0 aliphatic carbocycles. The van der Waals surface area contributed by atoms with Gasteiger partial charge in [0.1, 0.15) is 9.20 Å². The van der Waals surface area contributed by atoms with Crippen LogP contribution in [-0.4, -0.2) is 33.6 Å². The summed E-state index contributed by atoms with van der Waals surface area (Å²) in [6, 6.07) is 6.27. The van der Waals surface area contributed by atoms with Gasteiger partial charge in [0.15, 0.2) is 0 Å². The first-order chi connectivity index (χ1) is 14.9. The average Bonchev–Trinajstić information content (AvgIpc) is 3.22. The fourth-order valence-corrected chi connectivity index (χ4v) is 5.27. The number of rotatable bonds is 4. The summed E-state index contributed by atoms with van der Waals surface area (Å²) in [5.74, 6) is -0.225. The minimum absolute atomic E-state index is 0.0986. The van der Waals surface area contributed by atoms with Crippen molar-refractivity contribution in [2.24, 2.45) is 0 Å². The highest BCUT2D eigenvalue weighted by Crippen LogP contribution is 2.31. The monoisotopic (exact) mass is 453 g/mol. The van der Waals surface area contributed by atoms with Gasteiger partial charge in [0, 0.05) is 25.3 Å². The smallest absolute Gasteiger partial charge is 0.300 e. The molecule has 1 aromatic heterocycles. The number of anilines is 1. The number of thiazole rings is 1. The molecule has 0 radical (unpaired) electrons. The summed E-state index contributed by atoms with van der Waals surface area (Å²) in [7, 11) is 0. The van der Waals surface area contributed by atoms with Gasteiger partial charge < -0.3 is 9.64 Å². The molecule has 1 saturated heterocycles. The highest BCUT2D eigenvalue weighted by Gasteiger charge is 2.34. The van der Waals surface area contributed by atoms with Crippen molar-refractivity contribution >= 4 is 57.9 Å². The van der Waals surface area contributed by atoms with Crippen LogP contribution in [-0.2, 0) is 16.1 Å². The number of aryl methyl sites for hydroxylation is 1. The number of ether oxygens (including phenoxy) is 1. The molecule has 1 fully saturated rings. The van der Waals surface area contributed by atoms with E-state index in [0.717, 1.165) is 16.9 Å². The first-order valence-corrected chi connectivity index (χ1v) is 11.3. The van der Waals surface area contributed by atoms with Gasteiger partial charge in [-0.15, -0.1) is 17.9 Å². The molecule has 6 nitrogen and oxygen atoms in total. The number of likely N-dealkylation sites (N-methyl/N-ethyl adjacent to an activating group) is 2. The zero-order valence-corrected chi connectivity index (χ0v) is 19.3. The van der Waals surface area contributed by atoms with Crippen molar-refractivity contribution in [1.82, 2.24) is 9.47 Å². The lowest BCUT2D eigenvalue weighted by Gasteiger charge is -2.29. The summed E-state index contributed by atoms with van der Waals surface area (Å²) >= 11 is 6.44. The number of carbonyl (C=O) groups excluding carboxylic acids is 1. The number of nitrogens with zero attached hydrogens (tertiary/aromatic N) is 3. The topological polar surface area (TPSA) is 54.8 Å². The van der Waals surface area contributed by atoms with Crippen LogP contribution in [0.25, 0.3) is 17.5 Å². The van der Waals surface area contributed by atoms with Gasteiger partial charge in [-0.3, -0.25) is 19.1 Å². The minimum atomic E-state index is -0.324. The Hall–Kier alpha value is -2.97. The van der Waals surface area contributed by atoms with Crippen molar-refractivity contribution in [2.75, 3.05) is 18.0 Å². The molecule has 160 valence electrons. The molecule has 2 aliphatic heterocycles. The van der Waals surface area contributed by atoms with Crippen LogP contribution in [0.1, 0.15) is 25.0 Å². The molecule has 0 N–H and O–H groups in total. The Labute approximate surface area is 189 Å². The zero-order valence-electron chi connectivity index (χ0n) is 17.7. The third kappa shape index (κ3) is 3.45. The van der Waals surface area contributed by atoms with E-state index in [1.165, 1.54) is 26.4 Å². The van der Waals surface area contributed by atoms with Gasteiger partial charge in [0.05, 0.1) is 5.70 Å². The van der Waals surface area contributed by atoms with Crippen LogP contribution in [0.3, 0.4) is 0 Å². The fourth-order valence-electron chi connectivity index (χ4n) is 3.82. The van der Waals surface area contributed by atoms with Crippen molar-refractivity contribution in [3.05, 3.63) is 67.6 Å². The Kier molecular flexibility index (Phi) is 5.68. The largest absolute Gasteiger partial charge is 0.422 e. The molecule has 0 unspecified atom stereocenters. The minimum Gasteiger partial charge on any atom is -0.422 e. The number of benzene rings is 1. The molecular formula is C23H23N3O3S2. The van der Waals surface area contributed by atoms with Gasteiger partial charge in [0.25, 0.3) is 16.6 Å². The van der Waals surface area contributed by atoms with Crippen LogP contribution in [0.4, 0.5) is 5.69 Å². The van der Waals surface area contributed by atoms with Crippen LogP contribution < -0.4 is 19.7 Å². The van der Waals surface area contributed by atoms with E-state index in [2.05, 4.69) is 43.5 Å². The van der Waals surface area contributed by atoms with Gasteiger partial charge in [0.2, 0.25) is 5.76 Å². The number of thiocarbonyl (C=S) groups is 1. The molecule has 0 spiro atoms. The van der Waals surface area contributed by atoms with E-state index >= 15 is 0 Å². The molecule has 2 aromatic rings. The van der Waals surface area contributed by atoms with E-state index in [4.69, 9.17) is 17.0 Å². The lowest BCUT2D eigenvalue weighted by molar-refractivity contribution is -0.120. The van der Waals surface area contributed by atoms with Gasteiger partial charge in [-0.25, -0.2) is 0 Å². The summed E-state index contributed by atoms with van der Waals surface area (Å²) in [5, 5.41) is 0.111. The molecule has 1 amide bonds. The molecule has 1 aromatic carbocycles. The lowest BCUT2D eigenvalue weighted by atomic mass is 10.0. The van der Waals surface area contributed by atoms with Gasteiger partial charge in [-0.2, -0.15) is 0 Å². The second-order valence-electron chi connectivity index (χ2n) is 7.21. The number of amides is 1. The third-order valence-electron chi connectivity index (χ3n) is 5.29. The van der Waals surface area contributed by atoms with Crippen LogP contribution in [0.15, 0.2) is 41.7 Å². The summed E-state index contributed by atoms with van der Waals surface area (Å²) in [6.45, 7) is 11.1. The first kappa shape index (κ1) is 21.3. The number of allylic oxidation sites excluding steroid dienone is 1. The zero-order chi connectivity index (χ0) is 22.3. The van der Waals surface area contributed by atoms with Crippen molar-refractivity contribution < 1.29 is 9.53 Å². The Morgan fingerprint density at radius 3 is 2.55 bits per heavy atom. The SMILES string of the molecule is C=CCn1c(=O)/c(=C2/C=Cc3cc(C)ccc3N2CC)s/c1=C1\OC(=S)N(CC)C1=O. The highest BCUT2D eigenvalue weighted by atomic mass is 32.1. The number of hydrogen-bond acceptors (Lipinski definition) is 6. The standard InChI is InChI=1S/C23H23N3O3S2/c1-5-12-26-21(28)19(31-22(26)18-20(27)25(7-3)23(30)29-18)17-11-9-15-13-14(4)8-10-16(15)24(17)6-2/h5,8-11,13H,1,6-7,12H2,2-4H3/b19-17+,22-18-. The van der Waals surface area contributed by atoms with E-state index in [1.807, 2.05) is 19.1 Å². The Morgan fingerprint density at radius 1 is 1.16 bits per heavy atom. The fraction of sp³-hybridized carbons (Fsp3) is 0.261. The van der Waals surface area contributed by atoms with E-state index in [1.54, 1.807) is 6.08 Å². The average molecular weight is 454 g/mol. The van der Waals surface area contributed by atoms with E-state index in [-0.39, 0.29) is 28.9 Å². The maximum absolute atomic E-state index is 13.4. The molecule has 0 atom stereocenters. The van der Waals surface area contributed by atoms with E-state index in [0.29, 0.717) is 22.3 Å². The van der Waals surface area contributed by atoms with Crippen molar-refractivity contribution in [1.29, 1.82) is 0 Å². The third-order valence-corrected chi connectivity index (χ3v) is 6.78. The van der Waals surface area contributed by atoms with Crippen LogP contribution in [0, 0.1) is 6.92 Å². The van der Waals surface area contributed by atoms with E-state index < -0.39 is 0 Å². The summed E-state index contributed by atoms with van der Waals surface area (Å²) < 4.78 is 8.16. The first-order valence-electron chi connectivity index (χ1n) is 10.1. The van der Waals surface area contributed by atoms with Crippen molar-refractivity contribution in [2.45, 2.75) is 27.3 Å². The second-order valence-corrected chi connectivity index (χ2v) is 8.56. The van der Waals surface area contributed by atoms with Gasteiger partial charge in [-0.05, 0) is 56.8 Å². The number of aromatic nitrogens is 1. The molecule has 4 rings (SSSR count). The Morgan fingerprint density at radius 2 is 1.90 bits per heavy atom. The van der Waals surface area contributed by atoms with Crippen molar-refractivity contribution in [3.8, 4) is 0 Å². The highest BCUT2D eigenvalue weighted by molar-refractivity contribution is 7.80. The predicted molar refractivity (Wildman–Crippen MR) is 129 cm³/mol. The summed E-state index contributed by atoms with van der Waals surface area (Å²) in [6.07, 6.45) is 5.62. The molecule has 8 heteroatoms. The van der Waals surface area contributed by atoms with Crippen LogP contribution >= 0.6 is 23.6 Å². The normalized spacial score (nSPS) is 19.1. The molecular weight excluding hydrogens is 430 g/mol. The molecule has 2 aliphatic rings. The van der Waals surface area contributed by atoms with Crippen LogP contribution in [0.5, 0.6) is 0 Å². The second kappa shape index (κ2) is 8.28. The maximum atomic E-state index is 13.4. The predicted octanol–water partition coefficient (Wildman–Crippen LogP) is 2.34. The number of fused-ring (bicyclic) bond motifs is 1. The quantitative estimate of drug-likeness (QED) is 0.526. The number of hydrogen-bond donors (Lipinski definition) is 0. The Bertz CT molecular complexity index is 1320. The van der Waals surface area contributed by atoms with Gasteiger partial charge >= 0.3 is 0 Å². The molecule has 0 saturated carbocycles. The summed E-state index contributed by atoms with van der Waals surface area (Å²) in [4.78, 5) is 29.8. The molecule has 31 heavy (non-hydrogen) atoms. The lowest BCUT2D eigenvalue weighted by Crippen LogP contribution is -2.37. The molecule has 0 bridgehead atoms. The summed E-state index contributed by atoms with van der Waals surface area (Å²) in [5.41, 5.74) is 3.97. The molecule has 3 heterocycles. The maximum Gasteiger partial charge on any atom is 0.300 e. The van der Waals surface area contributed by atoms with E-state index in [9.17, 15) is 9.59 Å². The van der Waals surface area contributed by atoms with Gasteiger partial charge in [-0.1, -0.05) is 23.8 Å². The Balaban J connectivity index is 2.02. The van der Waals surface area contributed by atoms with Crippen LogP contribution in [0.2, 0.25) is 0 Å². The number of carbonyl (C=O) groups is 1.